The van der Waals surface area contributed by atoms with Crippen LogP contribution in [0.4, 0.5) is 5.69 Å². The predicted molar refractivity (Wildman–Crippen MR) is 68.5 cm³/mol. The Morgan fingerprint density at radius 1 is 1.35 bits per heavy atom. The number of para-hydroxylation sites is 1. The van der Waals surface area contributed by atoms with Crippen LogP contribution >= 0.6 is 0 Å². The van der Waals surface area contributed by atoms with Crippen LogP contribution in [0.25, 0.3) is 0 Å². The zero-order chi connectivity index (χ0) is 12.3. The summed E-state index contributed by atoms with van der Waals surface area (Å²) >= 11 is 0. The quantitative estimate of drug-likeness (QED) is 0.764. The Morgan fingerprint density at radius 3 is 2.65 bits per heavy atom. The Kier molecular flexibility index (Phi) is 3.76. The van der Waals surface area contributed by atoms with E-state index in [2.05, 4.69) is 11.4 Å². The number of nitrogens with zero attached hydrogens (tertiary/aromatic N) is 1. The predicted octanol–water partition coefficient (Wildman–Crippen LogP) is 1.70. The normalized spacial score (nSPS) is 18.0. The minimum atomic E-state index is -0.0197. The van der Waals surface area contributed by atoms with Crippen molar-refractivity contribution in [1.82, 2.24) is 5.01 Å². The topological polar surface area (TPSA) is 58.4 Å². The van der Waals surface area contributed by atoms with Crippen LogP contribution in [0.2, 0.25) is 0 Å². The number of amides is 1. The van der Waals surface area contributed by atoms with Crippen molar-refractivity contribution < 1.29 is 4.79 Å². The maximum absolute atomic E-state index is 11.2. The molecule has 1 heterocycles. The van der Waals surface area contributed by atoms with Crippen LogP contribution in [-0.4, -0.2) is 24.0 Å². The van der Waals surface area contributed by atoms with Crippen LogP contribution in [0.1, 0.15) is 31.2 Å². The molecule has 0 aromatic heterocycles. The molecule has 1 aromatic rings. The standard InChI is InChI=1S/C13H19N3O/c1-10(17)15-13-5-3-2-4-12(13)11-6-8-16(14)9-7-11/h2-5,11H,6-9,14H2,1H3,(H,15,17). The van der Waals surface area contributed by atoms with Crippen molar-refractivity contribution in [3.8, 4) is 0 Å². The maximum Gasteiger partial charge on any atom is 0.221 e. The van der Waals surface area contributed by atoms with Gasteiger partial charge in [0.15, 0.2) is 0 Å². The van der Waals surface area contributed by atoms with E-state index in [1.807, 2.05) is 23.2 Å². The highest BCUT2D eigenvalue weighted by Crippen LogP contribution is 2.32. The lowest BCUT2D eigenvalue weighted by Crippen LogP contribution is -2.38. The number of nitrogens with one attached hydrogen (secondary N) is 1. The zero-order valence-electron chi connectivity index (χ0n) is 10.1. The van der Waals surface area contributed by atoms with E-state index in [0.717, 1.165) is 31.6 Å². The lowest BCUT2D eigenvalue weighted by atomic mass is 9.89. The van der Waals surface area contributed by atoms with Gasteiger partial charge < -0.3 is 5.32 Å². The number of carbonyl (C=O) groups is 1. The second kappa shape index (κ2) is 5.29. The molecule has 1 aromatic carbocycles. The molecule has 4 nitrogen and oxygen atoms in total. The van der Waals surface area contributed by atoms with Gasteiger partial charge in [-0.2, -0.15) is 0 Å². The monoisotopic (exact) mass is 233 g/mol. The number of rotatable bonds is 2. The van der Waals surface area contributed by atoms with Crippen molar-refractivity contribution >= 4 is 11.6 Å². The number of nitrogens with two attached hydrogens (primary N) is 1. The number of hydrogen-bond acceptors (Lipinski definition) is 3. The fraction of sp³-hybridized carbons (Fsp3) is 0.462. The summed E-state index contributed by atoms with van der Waals surface area (Å²) in [5.74, 6) is 6.24. The second-order valence-electron chi connectivity index (χ2n) is 4.58. The molecule has 1 saturated heterocycles. The van der Waals surface area contributed by atoms with E-state index < -0.39 is 0 Å². The first-order valence-electron chi connectivity index (χ1n) is 6.03. The van der Waals surface area contributed by atoms with Gasteiger partial charge in [0.2, 0.25) is 5.91 Å². The van der Waals surface area contributed by atoms with Gasteiger partial charge in [-0.1, -0.05) is 18.2 Å². The summed E-state index contributed by atoms with van der Waals surface area (Å²) in [6.07, 6.45) is 2.10. The molecule has 0 unspecified atom stereocenters. The van der Waals surface area contributed by atoms with Crippen LogP contribution < -0.4 is 11.2 Å². The molecule has 92 valence electrons. The van der Waals surface area contributed by atoms with Gasteiger partial charge in [0.05, 0.1) is 0 Å². The first-order valence-corrected chi connectivity index (χ1v) is 6.03. The van der Waals surface area contributed by atoms with Gasteiger partial charge in [0.1, 0.15) is 0 Å². The summed E-state index contributed by atoms with van der Waals surface area (Å²) in [6.45, 7) is 3.37. The number of benzene rings is 1. The molecule has 0 saturated carbocycles. The van der Waals surface area contributed by atoms with E-state index in [4.69, 9.17) is 5.84 Å². The molecule has 4 heteroatoms. The van der Waals surface area contributed by atoms with Crippen LogP contribution in [0.5, 0.6) is 0 Å². The maximum atomic E-state index is 11.2. The van der Waals surface area contributed by atoms with Crippen molar-refractivity contribution in [1.29, 1.82) is 0 Å². The molecule has 1 amide bonds. The van der Waals surface area contributed by atoms with Crippen molar-refractivity contribution in [3.63, 3.8) is 0 Å². The minimum Gasteiger partial charge on any atom is -0.326 e. The Hall–Kier alpha value is -1.39. The smallest absolute Gasteiger partial charge is 0.221 e. The molecule has 1 fully saturated rings. The third kappa shape index (κ3) is 3.05. The lowest BCUT2D eigenvalue weighted by molar-refractivity contribution is -0.114. The van der Waals surface area contributed by atoms with E-state index in [1.54, 1.807) is 6.92 Å². The van der Waals surface area contributed by atoms with Gasteiger partial charge in [-0.25, -0.2) is 5.01 Å². The van der Waals surface area contributed by atoms with Gasteiger partial charge in [0, 0.05) is 25.7 Å². The van der Waals surface area contributed by atoms with E-state index in [-0.39, 0.29) is 5.91 Å². The average molecular weight is 233 g/mol. The number of carbonyl (C=O) groups excluding carboxylic acids is 1. The van der Waals surface area contributed by atoms with Crippen molar-refractivity contribution in [2.45, 2.75) is 25.7 Å². The minimum absolute atomic E-state index is 0.0197. The number of hydrogen-bond donors (Lipinski definition) is 2. The van der Waals surface area contributed by atoms with Gasteiger partial charge in [-0.15, -0.1) is 0 Å². The first-order chi connectivity index (χ1) is 8.16. The molecule has 0 aliphatic carbocycles. The summed E-state index contributed by atoms with van der Waals surface area (Å²) in [4.78, 5) is 11.2. The highest BCUT2D eigenvalue weighted by molar-refractivity contribution is 5.89. The molecule has 0 radical (unpaired) electrons. The largest absolute Gasteiger partial charge is 0.326 e. The number of piperidine rings is 1. The summed E-state index contributed by atoms with van der Waals surface area (Å²) in [5, 5.41) is 4.76. The van der Waals surface area contributed by atoms with E-state index >= 15 is 0 Å². The van der Waals surface area contributed by atoms with E-state index in [9.17, 15) is 4.79 Å². The molecular formula is C13H19N3O. The number of hydrazine groups is 1. The molecule has 17 heavy (non-hydrogen) atoms. The Morgan fingerprint density at radius 2 is 2.00 bits per heavy atom. The van der Waals surface area contributed by atoms with E-state index in [0.29, 0.717) is 5.92 Å². The molecule has 0 atom stereocenters. The highest BCUT2D eigenvalue weighted by Gasteiger charge is 2.20. The van der Waals surface area contributed by atoms with Crippen LogP contribution in [-0.2, 0) is 4.79 Å². The second-order valence-corrected chi connectivity index (χ2v) is 4.58. The van der Waals surface area contributed by atoms with Gasteiger partial charge >= 0.3 is 0 Å². The van der Waals surface area contributed by atoms with Crippen molar-refractivity contribution in [3.05, 3.63) is 29.8 Å². The molecule has 1 aliphatic heterocycles. The van der Waals surface area contributed by atoms with Crippen LogP contribution in [0, 0.1) is 0 Å². The molecule has 2 rings (SSSR count). The zero-order valence-corrected chi connectivity index (χ0v) is 10.1. The molecule has 0 bridgehead atoms. The first kappa shape index (κ1) is 12.1. The third-order valence-corrected chi connectivity index (χ3v) is 3.24. The molecule has 1 aliphatic rings. The van der Waals surface area contributed by atoms with Crippen molar-refractivity contribution in [2.24, 2.45) is 5.84 Å². The third-order valence-electron chi connectivity index (χ3n) is 3.24. The Bertz CT molecular complexity index is 397. The molecule has 0 spiro atoms. The molecule has 3 N–H and O–H groups in total. The number of anilines is 1. The highest BCUT2D eigenvalue weighted by atomic mass is 16.1. The SMILES string of the molecule is CC(=O)Nc1ccccc1C1CCN(N)CC1. The Labute approximate surface area is 102 Å². The summed E-state index contributed by atoms with van der Waals surface area (Å²) in [5.41, 5.74) is 2.17. The fourth-order valence-corrected chi connectivity index (χ4v) is 2.37. The van der Waals surface area contributed by atoms with Crippen molar-refractivity contribution in [2.75, 3.05) is 18.4 Å². The van der Waals surface area contributed by atoms with Crippen LogP contribution in [0.3, 0.4) is 0 Å². The lowest BCUT2D eigenvalue weighted by Gasteiger charge is -2.29. The summed E-state index contributed by atoms with van der Waals surface area (Å²) < 4.78 is 0. The van der Waals surface area contributed by atoms with E-state index in [1.165, 1.54) is 5.56 Å². The van der Waals surface area contributed by atoms with Gasteiger partial charge in [0.25, 0.3) is 0 Å². The average Bonchev–Trinajstić information content (AvgIpc) is 2.30. The fourth-order valence-electron chi connectivity index (χ4n) is 2.37. The Balaban J connectivity index is 2.16. The van der Waals surface area contributed by atoms with Gasteiger partial charge in [-0.05, 0) is 30.4 Å². The molecular weight excluding hydrogens is 214 g/mol. The van der Waals surface area contributed by atoms with Crippen LogP contribution in [0.15, 0.2) is 24.3 Å². The summed E-state index contributed by atoms with van der Waals surface area (Å²) in [7, 11) is 0. The van der Waals surface area contributed by atoms with Gasteiger partial charge in [-0.3, -0.25) is 10.6 Å². The summed E-state index contributed by atoms with van der Waals surface area (Å²) in [6, 6.07) is 8.04.